The Hall–Kier alpha value is -0.780. The Labute approximate surface area is 89.1 Å². The highest BCUT2D eigenvalue weighted by Crippen LogP contribution is 2.33. The maximum absolute atomic E-state index is 11.3. The first-order valence-corrected chi connectivity index (χ1v) is 6.91. The molecule has 5 nitrogen and oxygen atoms in total. The topological polar surface area (TPSA) is 72.5 Å². The maximum atomic E-state index is 11.3. The summed E-state index contributed by atoms with van der Waals surface area (Å²) in [5, 5.41) is 2.62. The number of hydrogen-bond donors (Lipinski definition) is 1. The molecule has 6 heteroatoms. The van der Waals surface area contributed by atoms with Crippen LogP contribution >= 0.6 is 0 Å². The van der Waals surface area contributed by atoms with Crippen LogP contribution in [0.1, 0.15) is 19.8 Å². The van der Waals surface area contributed by atoms with Crippen LogP contribution in [0, 0.1) is 5.92 Å². The number of hydrogen-bond acceptors (Lipinski definition) is 4. The first-order valence-electron chi connectivity index (χ1n) is 5.09. The van der Waals surface area contributed by atoms with Gasteiger partial charge >= 0.3 is 6.09 Å². The average Bonchev–Trinajstić information content (AvgIpc) is 2.47. The Morgan fingerprint density at radius 3 is 2.47 bits per heavy atom. The molecule has 1 unspecified atom stereocenters. The van der Waals surface area contributed by atoms with Gasteiger partial charge in [-0.2, -0.15) is 0 Å². The minimum atomic E-state index is -2.85. The molecule has 2 aliphatic rings. The fourth-order valence-electron chi connectivity index (χ4n) is 2.26. The smallest absolute Gasteiger partial charge is 0.407 e. The predicted molar refractivity (Wildman–Crippen MR) is 54.3 cm³/mol. The molecule has 1 atom stereocenters. The van der Waals surface area contributed by atoms with E-state index in [1.807, 2.05) is 6.92 Å². The molecule has 1 amide bonds. The van der Waals surface area contributed by atoms with Gasteiger partial charge in [-0.3, -0.25) is 0 Å². The molecule has 0 saturated carbocycles. The zero-order chi connectivity index (χ0) is 11.1. The lowest BCUT2D eigenvalue weighted by atomic mass is 9.85. The molecule has 0 aromatic rings. The summed E-state index contributed by atoms with van der Waals surface area (Å²) in [7, 11) is -2.85. The van der Waals surface area contributed by atoms with Crippen LogP contribution in [0.3, 0.4) is 0 Å². The van der Waals surface area contributed by atoms with E-state index in [0.29, 0.717) is 19.4 Å². The minimum absolute atomic E-state index is 0.153. The number of rotatable bonds is 1. The van der Waals surface area contributed by atoms with Gasteiger partial charge in [0.2, 0.25) is 0 Å². The van der Waals surface area contributed by atoms with Gasteiger partial charge in [-0.05, 0) is 19.8 Å². The Morgan fingerprint density at radius 2 is 2.00 bits per heavy atom. The van der Waals surface area contributed by atoms with E-state index < -0.39 is 21.5 Å². The van der Waals surface area contributed by atoms with E-state index >= 15 is 0 Å². The van der Waals surface area contributed by atoms with E-state index in [2.05, 4.69) is 5.32 Å². The van der Waals surface area contributed by atoms with Crippen molar-refractivity contribution in [1.29, 1.82) is 0 Å². The summed E-state index contributed by atoms with van der Waals surface area (Å²) in [6.07, 6.45) is 0.785. The van der Waals surface area contributed by atoms with E-state index in [1.165, 1.54) is 0 Å². The van der Waals surface area contributed by atoms with E-state index in [9.17, 15) is 13.2 Å². The molecule has 1 N–H and O–H groups in total. The fraction of sp³-hybridized carbons (Fsp3) is 0.889. The SMILES string of the molecule is CC1(C2CCS(=O)(=O)CC2)CNC(=O)O1. The largest absolute Gasteiger partial charge is 0.441 e. The number of carbonyl (C=O) groups is 1. The Morgan fingerprint density at radius 1 is 1.40 bits per heavy atom. The second-order valence-electron chi connectivity index (χ2n) is 4.48. The number of carbonyl (C=O) groups excluding carboxylic acids is 1. The Balaban J connectivity index is 2.04. The number of amides is 1. The lowest BCUT2D eigenvalue weighted by molar-refractivity contribution is 0.0177. The number of nitrogens with one attached hydrogen (secondary N) is 1. The molecule has 0 aromatic carbocycles. The lowest BCUT2D eigenvalue weighted by Crippen LogP contribution is -2.42. The third-order valence-electron chi connectivity index (χ3n) is 3.33. The second kappa shape index (κ2) is 3.37. The number of alkyl carbamates (subject to hydrolysis) is 1. The minimum Gasteiger partial charge on any atom is -0.441 e. The van der Waals surface area contributed by atoms with Crippen LogP contribution in [-0.4, -0.2) is 38.2 Å². The monoisotopic (exact) mass is 233 g/mol. The summed E-state index contributed by atoms with van der Waals surface area (Å²) in [5.41, 5.74) is -0.521. The highest BCUT2D eigenvalue weighted by molar-refractivity contribution is 7.91. The summed E-state index contributed by atoms with van der Waals surface area (Å²) in [6, 6.07) is 0. The molecule has 0 spiro atoms. The summed E-state index contributed by atoms with van der Waals surface area (Å²) in [5.74, 6) is 0.579. The van der Waals surface area contributed by atoms with Crippen molar-refractivity contribution in [2.45, 2.75) is 25.4 Å². The zero-order valence-electron chi connectivity index (χ0n) is 8.65. The first-order chi connectivity index (χ1) is 6.91. The lowest BCUT2D eigenvalue weighted by Gasteiger charge is -2.33. The summed E-state index contributed by atoms with van der Waals surface area (Å²) < 4.78 is 27.7. The summed E-state index contributed by atoms with van der Waals surface area (Å²) in [4.78, 5) is 11.0. The van der Waals surface area contributed by atoms with Gasteiger partial charge in [0.25, 0.3) is 0 Å². The molecule has 0 aliphatic carbocycles. The van der Waals surface area contributed by atoms with Gasteiger partial charge in [0.15, 0.2) is 0 Å². The van der Waals surface area contributed by atoms with Crippen LogP contribution in [-0.2, 0) is 14.6 Å². The highest BCUT2D eigenvalue weighted by atomic mass is 32.2. The maximum Gasteiger partial charge on any atom is 0.407 e. The van der Waals surface area contributed by atoms with Crippen molar-refractivity contribution in [3.05, 3.63) is 0 Å². The molecular weight excluding hydrogens is 218 g/mol. The van der Waals surface area contributed by atoms with Gasteiger partial charge in [0.05, 0.1) is 18.1 Å². The van der Waals surface area contributed by atoms with Crippen LogP contribution in [0.2, 0.25) is 0 Å². The Kier molecular flexibility index (Phi) is 2.41. The molecule has 2 rings (SSSR count). The van der Waals surface area contributed by atoms with Crippen molar-refractivity contribution in [3.63, 3.8) is 0 Å². The third-order valence-corrected chi connectivity index (χ3v) is 5.04. The average molecular weight is 233 g/mol. The third kappa shape index (κ3) is 2.09. The quantitative estimate of drug-likeness (QED) is 0.707. The molecule has 2 saturated heterocycles. The van der Waals surface area contributed by atoms with Gasteiger partial charge < -0.3 is 10.1 Å². The van der Waals surface area contributed by atoms with E-state index in [1.54, 1.807) is 0 Å². The number of cyclic esters (lactones) is 1. The van der Waals surface area contributed by atoms with Crippen molar-refractivity contribution in [3.8, 4) is 0 Å². The van der Waals surface area contributed by atoms with Crippen molar-refractivity contribution in [2.75, 3.05) is 18.1 Å². The molecular formula is C9H15NO4S. The molecule has 0 radical (unpaired) electrons. The molecule has 15 heavy (non-hydrogen) atoms. The van der Waals surface area contributed by atoms with Crippen LogP contribution in [0.4, 0.5) is 4.79 Å². The van der Waals surface area contributed by atoms with E-state index in [4.69, 9.17) is 4.74 Å². The van der Waals surface area contributed by atoms with Crippen molar-refractivity contribution >= 4 is 15.9 Å². The summed E-state index contributed by atoms with van der Waals surface area (Å²) >= 11 is 0. The zero-order valence-corrected chi connectivity index (χ0v) is 9.47. The van der Waals surface area contributed by atoms with E-state index in [0.717, 1.165) is 0 Å². The molecule has 2 heterocycles. The Bertz CT molecular complexity index is 364. The number of ether oxygens (including phenoxy) is 1. The first kappa shape index (κ1) is 10.7. The predicted octanol–water partition coefficient (Wildman–Crippen LogP) is 0.310. The molecule has 0 bridgehead atoms. The molecule has 0 aromatic heterocycles. The van der Waals surface area contributed by atoms with Gasteiger partial charge in [0.1, 0.15) is 15.4 Å². The van der Waals surface area contributed by atoms with Crippen molar-refractivity contribution in [2.24, 2.45) is 5.92 Å². The highest BCUT2D eigenvalue weighted by Gasteiger charge is 2.44. The van der Waals surface area contributed by atoms with Gasteiger partial charge in [-0.25, -0.2) is 13.2 Å². The van der Waals surface area contributed by atoms with Crippen LogP contribution < -0.4 is 5.32 Å². The van der Waals surface area contributed by atoms with Crippen LogP contribution in [0.15, 0.2) is 0 Å². The molecule has 2 fully saturated rings. The van der Waals surface area contributed by atoms with E-state index in [-0.39, 0.29) is 17.4 Å². The van der Waals surface area contributed by atoms with Crippen LogP contribution in [0.25, 0.3) is 0 Å². The second-order valence-corrected chi connectivity index (χ2v) is 6.79. The fourth-order valence-corrected chi connectivity index (χ4v) is 3.75. The van der Waals surface area contributed by atoms with Gasteiger partial charge in [-0.1, -0.05) is 0 Å². The number of sulfone groups is 1. The standard InChI is InChI=1S/C9H15NO4S/c1-9(6-10-8(11)14-9)7-2-4-15(12,13)5-3-7/h7H,2-6H2,1H3,(H,10,11). The van der Waals surface area contributed by atoms with Crippen molar-refractivity contribution in [1.82, 2.24) is 5.32 Å². The van der Waals surface area contributed by atoms with Gasteiger partial charge in [-0.15, -0.1) is 0 Å². The normalized spacial score (nSPS) is 35.9. The summed E-state index contributed by atoms with van der Waals surface area (Å²) in [6.45, 7) is 2.35. The molecule has 2 aliphatic heterocycles. The van der Waals surface area contributed by atoms with Gasteiger partial charge in [0, 0.05) is 5.92 Å². The van der Waals surface area contributed by atoms with Crippen LogP contribution in [0.5, 0.6) is 0 Å². The van der Waals surface area contributed by atoms with Crippen molar-refractivity contribution < 1.29 is 17.9 Å². The molecule has 86 valence electrons.